The fourth-order valence-corrected chi connectivity index (χ4v) is 2.09. The van der Waals surface area contributed by atoms with E-state index in [9.17, 15) is 4.79 Å². The first kappa shape index (κ1) is 13.3. The Morgan fingerprint density at radius 3 is 2.32 bits per heavy atom. The van der Waals surface area contributed by atoms with E-state index < -0.39 is 0 Å². The van der Waals surface area contributed by atoms with E-state index in [1.807, 2.05) is 50.1 Å². The summed E-state index contributed by atoms with van der Waals surface area (Å²) in [5.74, 6) is 1.42. The van der Waals surface area contributed by atoms with Crippen LogP contribution in [0.3, 0.4) is 0 Å². The average molecular weight is 261 g/mol. The molecule has 19 heavy (non-hydrogen) atoms. The maximum Gasteiger partial charge on any atom is 0.193 e. The van der Waals surface area contributed by atoms with Crippen LogP contribution in [-0.4, -0.2) is 40.3 Å². The van der Waals surface area contributed by atoms with Gasteiger partial charge in [-0.25, -0.2) is 0 Å². The quantitative estimate of drug-likeness (QED) is 0.913. The van der Waals surface area contributed by atoms with E-state index in [0.29, 0.717) is 11.1 Å². The van der Waals surface area contributed by atoms with Crippen molar-refractivity contribution >= 4 is 22.4 Å². The molecule has 0 amide bonds. The molecule has 0 atom stereocenters. The van der Waals surface area contributed by atoms with Crippen LogP contribution in [0, 0.1) is 0 Å². The molecule has 2 rings (SSSR count). The van der Waals surface area contributed by atoms with Crippen LogP contribution in [0.25, 0.3) is 10.9 Å². The second-order valence-electron chi connectivity index (χ2n) is 4.84. The normalized spacial score (nSPS) is 10.6. The second-order valence-corrected chi connectivity index (χ2v) is 4.84. The van der Waals surface area contributed by atoms with Crippen molar-refractivity contribution in [3.63, 3.8) is 0 Å². The topological polar surface area (TPSA) is 48.6 Å². The number of ether oxygens (including phenoxy) is 1. The molecule has 5 nitrogen and oxygen atoms in total. The first-order chi connectivity index (χ1) is 8.95. The highest BCUT2D eigenvalue weighted by molar-refractivity contribution is 5.96. The Bertz CT molecular complexity index is 660. The standard InChI is InChI=1S/C14H19N3O2/c1-16(2)9-6-7-11(19-5)14-13(9)10(18)8-12(15-14)17(3)4/h6-8H,1-5H3,(H,15,18). The van der Waals surface area contributed by atoms with Gasteiger partial charge in [0.25, 0.3) is 0 Å². The maximum atomic E-state index is 12.4. The Hall–Kier alpha value is -2.17. The Balaban J connectivity index is 2.90. The molecular weight excluding hydrogens is 242 g/mol. The number of hydrogen-bond acceptors (Lipinski definition) is 4. The zero-order chi connectivity index (χ0) is 14.2. The molecular formula is C14H19N3O2. The molecule has 0 spiro atoms. The monoisotopic (exact) mass is 261 g/mol. The Kier molecular flexibility index (Phi) is 3.38. The Labute approximate surface area is 112 Å². The summed E-state index contributed by atoms with van der Waals surface area (Å²) in [6, 6.07) is 5.37. The van der Waals surface area contributed by atoms with Crippen molar-refractivity contribution in [2.45, 2.75) is 0 Å². The number of nitrogens with zero attached hydrogens (tertiary/aromatic N) is 2. The highest BCUT2D eigenvalue weighted by atomic mass is 16.5. The predicted octanol–water partition coefficient (Wildman–Crippen LogP) is 1.67. The van der Waals surface area contributed by atoms with Gasteiger partial charge in [-0.05, 0) is 12.1 Å². The van der Waals surface area contributed by atoms with Crippen LogP contribution in [-0.2, 0) is 0 Å². The van der Waals surface area contributed by atoms with E-state index in [2.05, 4.69) is 4.98 Å². The number of nitrogens with one attached hydrogen (secondary N) is 1. The summed E-state index contributed by atoms with van der Waals surface area (Å²) in [6.07, 6.45) is 0. The second kappa shape index (κ2) is 4.84. The largest absolute Gasteiger partial charge is 0.495 e. The van der Waals surface area contributed by atoms with Gasteiger partial charge in [-0.3, -0.25) is 4.79 Å². The lowest BCUT2D eigenvalue weighted by atomic mass is 10.1. The van der Waals surface area contributed by atoms with Gasteiger partial charge in [0.05, 0.1) is 18.0 Å². The van der Waals surface area contributed by atoms with Crippen LogP contribution < -0.4 is 20.0 Å². The van der Waals surface area contributed by atoms with Crippen LogP contribution in [0.15, 0.2) is 23.0 Å². The minimum atomic E-state index is -0.0138. The molecule has 0 radical (unpaired) electrons. The maximum absolute atomic E-state index is 12.4. The third-order valence-corrected chi connectivity index (χ3v) is 3.10. The number of pyridine rings is 1. The van der Waals surface area contributed by atoms with Gasteiger partial charge in [0.15, 0.2) is 5.43 Å². The molecule has 2 aromatic rings. The summed E-state index contributed by atoms with van der Waals surface area (Å²) in [4.78, 5) is 19.4. The number of aromatic nitrogens is 1. The fourth-order valence-electron chi connectivity index (χ4n) is 2.09. The van der Waals surface area contributed by atoms with Crippen LogP contribution >= 0.6 is 0 Å². The molecule has 102 valence electrons. The number of fused-ring (bicyclic) bond motifs is 1. The molecule has 0 saturated heterocycles. The van der Waals surface area contributed by atoms with Crippen LogP contribution in [0.1, 0.15) is 0 Å². The predicted molar refractivity (Wildman–Crippen MR) is 79.8 cm³/mol. The van der Waals surface area contributed by atoms with Gasteiger partial charge in [-0.1, -0.05) is 0 Å². The van der Waals surface area contributed by atoms with E-state index in [1.165, 1.54) is 0 Å². The van der Waals surface area contributed by atoms with Crippen LogP contribution in [0.5, 0.6) is 5.75 Å². The molecule has 0 saturated carbocycles. The number of rotatable bonds is 3. The Morgan fingerprint density at radius 2 is 1.79 bits per heavy atom. The van der Waals surface area contributed by atoms with Gasteiger partial charge in [0.1, 0.15) is 11.6 Å². The smallest absolute Gasteiger partial charge is 0.193 e. The summed E-state index contributed by atoms with van der Waals surface area (Å²) in [6.45, 7) is 0. The van der Waals surface area contributed by atoms with E-state index in [4.69, 9.17) is 4.74 Å². The van der Waals surface area contributed by atoms with Crippen molar-refractivity contribution in [2.75, 3.05) is 45.1 Å². The van der Waals surface area contributed by atoms with E-state index in [-0.39, 0.29) is 5.43 Å². The molecule has 1 N–H and O–H groups in total. The SMILES string of the molecule is COc1ccc(N(C)C)c2c(=O)cc(N(C)C)[nH]c12. The average Bonchev–Trinajstić information content (AvgIpc) is 2.36. The summed E-state index contributed by atoms with van der Waals surface area (Å²) >= 11 is 0. The van der Waals surface area contributed by atoms with Gasteiger partial charge in [-0.15, -0.1) is 0 Å². The van der Waals surface area contributed by atoms with Crippen molar-refractivity contribution < 1.29 is 4.74 Å². The molecule has 0 fully saturated rings. The fraction of sp³-hybridized carbons (Fsp3) is 0.357. The van der Waals surface area contributed by atoms with Gasteiger partial charge >= 0.3 is 0 Å². The molecule has 0 aliphatic rings. The highest BCUT2D eigenvalue weighted by Crippen LogP contribution is 2.30. The first-order valence-electron chi connectivity index (χ1n) is 6.04. The molecule has 1 heterocycles. The van der Waals surface area contributed by atoms with Gasteiger partial charge in [0.2, 0.25) is 0 Å². The molecule has 0 aliphatic heterocycles. The Morgan fingerprint density at radius 1 is 1.11 bits per heavy atom. The van der Waals surface area contributed by atoms with E-state index >= 15 is 0 Å². The molecule has 1 aromatic heterocycles. The summed E-state index contributed by atoms with van der Waals surface area (Å²) in [5.41, 5.74) is 1.59. The van der Waals surface area contributed by atoms with Crippen LogP contribution in [0.4, 0.5) is 11.5 Å². The molecule has 0 unspecified atom stereocenters. The van der Waals surface area contributed by atoms with Crippen molar-refractivity contribution in [1.82, 2.24) is 4.98 Å². The van der Waals surface area contributed by atoms with Crippen molar-refractivity contribution in [1.29, 1.82) is 0 Å². The zero-order valence-electron chi connectivity index (χ0n) is 11.9. The summed E-state index contributed by atoms with van der Waals surface area (Å²) in [7, 11) is 9.21. The minimum absolute atomic E-state index is 0.0138. The van der Waals surface area contributed by atoms with E-state index in [1.54, 1.807) is 13.2 Å². The number of H-pyrrole nitrogens is 1. The first-order valence-corrected chi connectivity index (χ1v) is 6.04. The van der Waals surface area contributed by atoms with Gasteiger partial charge < -0.3 is 19.5 Å². The van der Waals surface area contributed by atoms with E-state index in [0.717, 1.165) is 17.0 Å². The molecule has 0 aliphatic carbocycles. The molecule has 0 bridgehead atoms. The van der Waals surface area contributed by atoms with Crippen LogP contribution in [0.2, 0.25) is 0 Å². The lowest BCUT2D eigenvalue weighted by molar-refractivity contribution is 0.419. The zero-order valence-corrected chi connectivity index (χ0v) is 11.9. The van der Waals surface area contributed by atoms with Crippen molar-refractivity contribution in [2.24, 2.45) is 0 Å². The third-order valence-electron chi connectivity index (χ3n) is 3.10. The number of hydrogen-bond donors (Lipinski definition) is 1. The number of methoxy groups -OCH3 is 1. The van der Waals surface area contributed by atoms with Gasteiger partial charge in [0, 0.05) is 39.9 Å². The number of aromatic amines is 1. The minimum Gasteiger partial charge on any atom is -0.495 e. The summed E-state index contributed by atoms with van der Waals surface area (Å²) < 4.78 is 5.34. The van der Waals surface area contributed by atoms with Crippen molar-refractivity contribution in [3.8, 4) is 5.75 Å². The number of benzene rings is 1. The lowest BCUT2D eigenvalue weighted by Gasteiger charge is -2.19. The molecule has 5 heteroatoms. The summed E-state index contributed by atoms with van der Waals surface area (Å²) in [5, 5.41) is 0.648. The highest BCUT2D eigenvalue weighted by Gasteiger charge is 2.13. The lowest BCUT2D eigenvalue weighted by Crippen LogP contribution is -2.17. The number of anilines is 2. The third kappa shape index (κ3) is 2.23. The molecule has 1 aromatic carbocycles. The van der Waals surface area contributed by atoms with Gasteiger partial charge in [-0.2, -0.15) is 0 Å². The van der Waals surface area contributed by atoms with Crippen molar-refractivity contribution in [3.05, 3.63) is 28.4 Å².